The highest BCUT2D eigenvalue weighted by Gasteiger charge is 2.32. The number of carbonyl (C=O) groups excluding carboxylic acids is 2. The van der Waals surface area contributed by atoms with Crippen LogP contribution in [0.4, 0.5) is 0 Å². The van der Waals surface area contributed by atoms with Gasteiger partial charge in [-0.1, -0.05) is 40.9 Å². The molecule has 4 heteroatoms. The van der Waals surface area contributed by atoms with E-state index < -0.39 is 17.8 Å². The van der Waals surface area contributed by atoms with E-state index in [2.05, 4.69) is 15.9 Å². The third-order valence-electron chi connectivity index (χ3n) is 3.53. The second-order valence-corrected chi connectivity index (χ2v) is 5.60. The van der Waals surface area contributed by atoms with Gasteiger partial charge < -0.3 is 9.90 Å². The van der Waals surface area contributed by atoms with Gasteiger partial charge in [0.1, 0.15) is 0 Å². The number of carboxylic acids is 1. The summed E-state index contributed by atoms with van der Waals surface area (Å²) in [5.74, 6) is -2.22. The molecule has 0 radical (unpaired) electrons. The van der Waals surface area contributed by atoms with Gasteiger partial charge in [-0.3, -0.25) is 4.79 Å². The number of ketones is 1. The van der Waals surface area contributed by atoms with Gasteiger partial charge in [0.05, 0.1) is 0 Å². The topological polar surface area (TPSA) is 57.2 Å². The Bertz CT molecular complexity index is 453. The number of rotatable bonds is 3. The Labute approximate surface area is 114 Å². The summed E-state index contributed by atoms with van der Waals surface area (Å²) >= 11 is 3.31. The average Bonchev–Trinajstić information content (AvgIpc) is 2.39. The predicted octanol–water partition coefficient (Wildman–Crippen LogP) is 2.19. The summed E-state index contributed by atoms with van der Waals surface area (Å²) in [5, 5.41) is 11.1. The Morgan fingerprint density at radius 1 is 1.06 bits per heavy atom. The van der Waals surface area contributed by atoms with Crippen LogP contribution in [0.2, 0.25) is 0 Å². The van der Waals surface area contributed by atoms with Gasteiger partial charge in [0.25, 0.3) is 0 Å². The van der Waals surface area contributed by atoms with Crippen molar-refractivity contribution in [2.45, 2.75) is 25.7 Å². The molecule has 0 unspecified atom stereocenters. The van der Waals surface area contributed by atoms with Gasteiger partial charge in [0, 0.05) is 27.8 Å². The van der Waals surface area contributed by atoms with Crippen LogP contribution in [0.3, 0.4) is 0 Å². The molecule has 2 atom stereocenters. The number of halogens is 1. The molecule has 0 spiro atoms. The molecule has 1 aromatic carbocycles. The molecule has 96 valence electrons. The first-order valence-electron chi connectivity index (χ1n) is 6.10. The largest absolute Gasteiger partial charge is 0.550 e. The minimum Gasteiger partial charge on any atom is -0.550 e. The van der Waals surface area contributed by atoms with E-state index in [1.807, 2.05) is 0 Å². The molecule has 0 aromatic heterocycles. The monoisotopic (exact) mass is 309 g/mol. The minimum absolute atomic E-state index is 0.0728. The fourth-order valence-corrected chi connectivity index (χ4v) is 2.82. The molecule has 0 heterocycles. The van der Waals surface area contributed by atoms with Gasteiger partial charge in [0.15, 0.2) is 5.78 Å². The lowest BCUT2D eigenvalue weighted by Crippen LogP contribution is -2.40. The van der Waals surface area contributed by atoms with Crippen LogP contribution in [0, 0.1) is 11.8 Å². The Balaban J connectivity index is 2.20. The standard InChI is InChI=1S/C14H15BrO3/c15-10-7-5-9(6-8-10)13(16)11-3-1-2-4-12(11)14(17)18/h5-8,11-12H,1-4H2,(H,17,18)/p-1/t11-,12+/m1/s1. The van der Waals surface area contributed by atoms with Crippen LogP contribution >= 0.6 is 15.9 Å². The summed E-state index contributed by atoms with van der Waals surface area (Å²) in [6.07, 6.45) is 2.97. The Hall–Kier alpha value is -1.16. The van der Waals surface area contributed by atoms with Crippen molar-refractivity contribution in [1.82, 2.24) is 0 Å². The van der Waals surface area contributed by atoms with Gasteiger partial charge >= 0.3 is 0 Å². The molecule has 0 saturated heterocycles. The van der Waals surface area contributed by atoms with E-state index in [1.165, 1.54) is 0 Å². The molecular weight excluding hydrogens is 296 g/mol. The molecule has 1 saturated carbocycles. The van der Waals surface area contributed by atoms with Crippen molar-refractivity contribution >= 4 is 27.7 Å². The summed E-state index contributed by atoms with van der Waals surface area (Å²) in [6.45, 7) is 0. The lowest BCUT2D eigenvalue weighted by atomic mass is 9.75. The number of Topliss-reactive ketones (excluding diaryl/α,β-unsaturated/α-hetero) is 1. The van der Waals surface area contributed by atoms with Crippen molar-refractivity contribution in [3.63, 3.8) is 0 Å². The van der Waals surface area contributed by atoms with Crippen molar-refractivity contribution in [2.24, 2.45) is 11.8 Å². The molecule has 0 aliphatic heterocycles. The second kappa shape index (κ2) is 5.65. The van der Waals surface area contributed by atoms with E-state index in [9.17, 15) is 14.7 Å². The number of benzene rings is 1. The maximum absolute atomic E-state index is 12.3. The normalized spacial score (nSPS) is 23.6. The van der Waals surface area contributed by atoms with Gasteiger partial charge in [-0.05, 0) is 25.0 Å². The zero-order chi connectivity index (χ0) is 13.1. The maximum Gasteiger partial charge on any atom is 0.166 e. The second-order valence-electron chi connectivity index (χ2n) is 4.69. The highest BCUT2D eigenvalue weighted by atomic mass is 79.9. The van der Waals surface area contributed by atoms with Crippen molar-refractivity contribution in [2.75, 3.05) is 0 Å². The smallest absolute Gasteiger partial charge is 0.166 e. The summed E-state index contributed by atoms with van der Waals surface area (Å²) in [7, 11) is 0. The van der Waals surface area contributed by atoms with E-state index >= 15 is 0 Å². The zero-order valence-corrected chi connectivity index (χ0v) is 11.5. The van der Waals surface area contributed by atoms with Crippen LogP contribution in [0.25, 0.3) is 0 Å². The quantitative estimate of drug-likeness (QED) is 0.804. The third-order valence-corrected chi connectivity index (χ3v) is 4.06. The first-order valence-corrected chi connectivity index (χ1v) is 6.89. The fourth-order valence-electron chi connectivity index (χ4n) is 2.56. The van der Waals surface area contributed by atoms with Gasteiger partial charge in [-0.15, -0.1) is 0 Å². The SMILES string of the molecule is O=C([O-])[C@H]1CCCC[C@H]1C(=O)c1ccc(Br)cc1. The number of carbonyl (C=O) groups is 2. The average molecular weight is 310 g/mol. The van der Waals surface area contributed by atoms with Gasteiger partial charge in [0.2, 0.25) is 0 Å². The van der Waals surface area contributed by atoms with Crippen molar-refractivity contribution in [3.8, 4) is 0 Å². The minimum atomic E-state index is -1.09. The zero-order valence-electron chi connectivity index (χ0n) is 9.90. The molecule has 2 rings (SSSR count). The van der Waals surface area contributed by atoms with Crippen molar-refractivity contribution in [1.29, 1.82) is 0 Å². The van der Waals surface area contributed by atoms with Crippen LogP contribution in [0.1, 0.15) is 36.0 Å². The lowest BCUT2D eigenvalue weighted by Gasteiger charge is -2.31. The maximum atomic E-state index is 12.3. The third kappa shape index (κ3) is 2.80. The van der Waals surface area contributed by atoms with E-state index in [0.717, 1.165) is 17.3 Å². The van der Waals surface area contributed by atoms with Crippen LogP contribution in [-0.4, -0.2) is 11.8 Å². The number of hydrogen-bond donors (Lipinski definition) is 0. The van der Waals surface area contributed by atoms with E-state index in [-0.39, 0.29) is 5.78 Å². The predicted molar refractivity (Wildman–Crippen MR) is 68.9 cm³/mol. The lowest BCUT2D eigenvalue weighted by molar-refractivity contribution is -0.313. The van der Waals surface area contributed by atoms with Crippen LogP contribution in [0.15, 0.2) is 28.7 Å². The Morgan fingerprint density at radius 3 is 2.17 bits per heavy atom. The summed E-state index contributed by atoms with van der Waals surface area (Å²) in [4.78, 5) is 23.4. The van der Waals surface area contributed by atoms with Crippen LogP contribution in [0.5, 0.6) is 0 Å². The molecule has 18 heavy (non-hydrogen) atoms. The van der Waals surface area contributed by atoms with E-state index in [1.54, 1.807) is 24.3 Å². The highest BCUT2D eigenvalue weighted by molar-refractivity contribution is 9.10. The summed E-state index contributed by atoms with van der Waals surface area (Å²) in [5.41, 5.74) is 0.580. The van der Waals surface area contributed by atoms with E-state index in [4.69, 9.17) is 0 Å². The molecule has 0 amide bonds. The van der Waals surface area contributed by atoms with Gasteiger partial charge in [-0.25, -0.2) is 0 Å². The Kier molecular flexibility index (Phi) is 4.17. The summed E-state index contributed by atoms with van der Waals surface area (Å²) < 4.78 is 0.902. The molecule has 1 aliphatic rings. The Morgan fingerprint density at radius 2 is 1.61 bits per heavy atom. The molecule has 0 N–H and O–H groups in total. The summed E-state index contributed by atoms with van der Waals surface area (Å²) in [6, 6.07) is 7.05. The fraction of sp³-hybridized carbons (Fsp3) is 0.429. The molecular formula is C14H14BrO3-. The number of carboxylic acid groups (broad SMARTS) is 1. The van der Waals surface area contributed by atoms with Crippen LogP contribution < -0.4 is 5.11 Å². The van der Waals surface area contributed by atoms with Crippen LogP contribution in [-0.2, 0) is 4.79 Å². The van der Waals surface area contributed by atoms with Crippen molar-refractivity contribution < 1.29 is 14.7 Å². The molecule has 1 aromatic rings. The molecule has 1 fully saturated rings. The molecule has 1 aliphatic carbocycles. The number of aliphatic carboxylic acids is 1. The highest BCUT2D eigenvalue weighted by Crippen LogP contribution is 2.32. The molecule has 0 bridgehead atoms. The van der Waals surface area contributed by atoms with E-state index in [0.29, 0.717) is 18.4 Å². The molecule has 3 nitrogen and oxygen atoms in total. The first kappa shape index (κ1) is 13.3. The van der Waals surface area contributed by atoms with Crippen molar-refractivity contribution in [3.05, 3.63) is 34.3 Å². The number of hydrogen-bond acceptors (Lipinski definition) is 3. The first-order chi connectivity index (χ1) is 8.59. The van der Waals surface area contributed by atoms with Gasteiger partial charge in [-0.2, -0.15) is 0 Å².